The monoisotopic (exact) mass is 264 g/mol. The lowest BCUT2D eigenvalue weighted by atomic mass is 10.0. The van der Waals surface area contributed by atoms with Crippen LogP contribution < -0.4 is 9.47 Å². The number of hydrogen-bond donors (Lipinski definition) is 1. The summed E-state index contributed by atoms with van der Waals surface area (Å²) in [6.07, 6.45) is 3.93. The molecule has 4 heteroatoms. The Morgan fingerprint density at radius 3 is 2.53 bits per heavy atom. The predicted molar refractivity (Wildman–Crippen MR) is 72.0 cm³/mol. The first-order chi connectivity index (χ1) is 9.16. The first-order valence-electron chi connectivity index (χ1n) is 6.78. The number of aliphatic carboxylic acids is 1. The molecule has 0 saturated heterocycles. The molecule has 1 heterocycles. The molecule has 0 spiro atoms. The second-order valence-electron chi connectivity index (χ2n) is 4.88. The van der Waals surface area contributed by atoms with Crippen LogP contribution in [0.5, 0.6) is 11.5 Å². The highest BCUT2D eigenvalue weighted by Crippen LogP contribution is 2.33. The lowest BCUT2D eigenvalue weighted by Gasteiger charge is -2.20. The molecule has 0 atom stereocenters. The van der Waals surface area contributed by atoms with E-state index in [1.165, 1.54) is 11.1 Å². The smallest absolute Gasteiger partial charge is 0.303 e. The van der Waals surface area contributed by atoms with Crippen LogP contribution in [0.2, 0.25) is 0 Å². The Morgan fingerprint density at radius 1 is 1.16 bits per heavy atom. The summed E-state index contributed by atoms with van der Waals surface area (Å²) >= 11 is 0. The van der Waals surface area contributed by atoms with E-state index in [0.29, 0.717) is 13.2 Å². The molecule has 0 saturated carbocycles. The second kappa shape index (κ2) is 6.45. The Hall–Kier alpha value is -1.71. The van der Waals surface area contributed by atoms with Crippen LogP contribution >= 0.6 is 0 Å². The van der Waals surface area contributed by atoms with Crippen molar-refractivity contribution in [1.29, 1.82) is 0 Å². The van der Waals surface area contributed by atoms with Gasteiger partial charge in [-0.1, -0.05) is 6.42 Å². The first-order valence-corrected chi connectivity index (χ1v) is 6.78. The van der Waals surface area contributed by atoms with E-state index in [2.05, 4.69) is 13.0 Å². The average Bonchev–Trinajstić information content (AvgIpc) is 2.38. The van der Waals surface area contributed by atoms with Crippen molar-refractivity contribution in [3.05, 3.63) is 23.3 Å². The number of rotatable bonds is 6. The topological polar surface area (TPSA) is 55.8 Å². The van der Waals surface area contributed by atoms with Crippen LogP contribution in [-0.2, 0) is 11.2 Å². The fourth-order valence-electron chi connectivity index (χ4n) is 2.27. The van der Waals surface area contributed by atoms with Crippen molar-refractivity contribution < 1.29 is 19.4 Å². The van der Waals surface area contributed by atoms with Crippen molar-refractivity contribution in [2.45, 2.75) is 39.0 Å². The molecule has 0 amide bonds. The van der Waals surface area contributed by atoms with Crippen molar-refractivity contribution in [2.75, 3.05) is 13.2 Å². The Bertz CT molecular complexity index is 454. The van der Waals surface area contributed by atoms with E-state index >= 15 is 0 Å². The summed E-state index contributed by atoms with van der Waals surface area (Å²) in [7, 11) is 0. The Kier molecular flexibility index (Phi) is 4.66. The van der Waals surface area contributed by atoms with Gasteiger partial charge in [0.25, 0.3) is 0 Å². The fraction of sp³-hybridized carbons (Fsp3) is 0.533. The van der Waals surface area contributed by atoms with Gasteiger partial charge in [0, 0.05) is 6.42 Å². The molecule has 4 nitrogen and oxygen atoms in total. The maximum atomic E-state index is 10.4. The molecule has 1 aliphatic rings. The van der Waals surface area contributed by atoms with Crippen LogP contribution in [-0.4, -0.2) is 24.3 Å². The molecule has 0 bridgehead atoms. The van der Waals surface area contributed by atoms with Gasteiger partial charge in [0.1, 0.15) is 13.2 Å². The predicted octanol–water partition coefficient (Wildman–Crippen LogP) is 2.95. The van der Waals surface area contributed by atoms with E-state index in [9.17, 15) is 4.79 Å². The van der Waals surface area contributed by atoms with Crippen LogP contribution in [0.4, 0.5) is 0 Å². The highest BCUT2D eigenvalue weighted by molar-refractivity contribution is 5.66. The number of aryl methyl sites for hydroxylation is 2. The van der Waals surface area contributed by atoms with Gasteiger partial charge in [-0.2, -0.15) is 0 Å². The first kappa shape index (κ1) is 13.7. The largest absolute Gasteiger partial charge is 0.486 e. The Labute approximate surface area is 113 Å². The third-order valence-corrected chi connectivity index (χ3v) is 3.34. The normalized spacial score (nSPS) is 13.3. The summed E-state index contributed by atoms with van der Waals surface area (Å²) in [6.45, 7) is 3.29. The number of benzene rings is 1. The van der Waals surface area contributed by atoms with Gasteiger partial charge in [-0.15, -0.1) is 0 Å². The van der Waals surface area contributed by atoms with Gasteiger partial charge in [-0.05, 0) is 49.4 Å². The Balaban J connectivity index is 1.88. The third-order valence-electron chi connectivity index (χ3n) is 3.34. The number of hydrogen-bond acceptors (Lipinski definition) is 3. The minimum absolute atomic E-state index is 0.264. The highest BCUT2D eigenvalue weighted by Gasteiger charge is 2.13. The van der Waals surface area contributed by atoms with Crippen LogP contribution in [0.1, 0.15) is 36.8 Å². The summed E-state index contributed by atoms with van der Waals surface area (Å²) in [6, 6.07) is 4.09. The SMILES string of the molecule is Cc1cc2c(cc1CCCCCC(=O)O)OCCO2. The molecule has 0 radical (unpaired) electrons. The number of carboxylic acid groups (broad SMARTS) is 1. The van der Waals surface area contributed by atoms with Crippen LogP contribution in [0.25, 0.3) is 0 Å². The molecule has 0 fully saturated rings. The number of unbranched alkanes of at least 4 members (excludes halogenated alkanes) is 2. The van der Waals surface area contributed by atoms with Gasteiger partial charge in [-0.25, -0.2) is 0 Å². The van der Waals surface area contributed by atoms with E-state index in [1.54, 1.807) is 0 Å². The molecule has 0 unspecified atom stereocenters. The molecule has 0 aliphatic carbocycles. The van der Waals surface area contributed by atoms with Crippen LogP contribution in [0.3, 0.4) is 0 Å². The minimum atomic E-state index is -0.712. The van der Waals surface area contributed by atoms with Crippen molar-refractivity contribution in [3.8, 4) is 11.5 Å². The van der Waals surface area contributed by atoms with E-state index < -0.39 is 5.97 Å². The highest BCUT2D eigenvalue weighted by atomic mass is 16.6. The molecule has 1 N–H and O–H groups in total. The van der Waals surface area contributed by atoms with Gasteiger partial charge >= 0.3 is 5.97 Å². The molecule has 1 aromatic carbocycles. The molecule has 19 heavy (non-hydrogen) atoms. The molecule has 0 aromatic heterocycles. The van der Waals surface area contributed by atoms with Crippen LogP contribution in [0.15, 0.2) is 12.1 Å². The van der Waals surface area contributed by atoms with E-state index in [1.807, 2.05) is 6.07 Å². The molecular weight excluding hydrogens is 244 g/mol. The third kappa shape index (κ3) is 3.88. The summed E-state index contributed by atoms with van der Waals surface area (Å²) in [4.78, 5) is 10.4. The van der Waals surface area contributed by atoms with Gasteiger partial charge in [0.2, 0.25) is 0 Å². The minimum Gasteiger partial charge on any atom is -0.486 e. The van der Waals surface area contributed by atoms with Crippen LogP contribution in [0, 0.1) is 6.92 Å². The van der Waals surface area contributed by atoms with E-state index in [-0.39, 0.29) is 6.42 Å². The van der Waals surface area contributed by atoms with Crippen molar-refractivity contribution >= 4 is 5.97 Å². The zero-order valence-corrected chi connectivity index (χ0v) is 11.3. The molecule has 2 rings (SSSR count). The summed E-state index contributed by atoms with van der Waals surface area (Å²) in [5.41, 5.74) is 2.47. The zero-order valence-electron chi connectivity index (χ0n) is 11.3. The van der Waals surface area contributed by atoms with Crippen molar-refractivity contribution in [2.24, 2.45) is 0 Å². The van der Waals surface area contributed by atoms with Crippen molar-refractivity contribution in [3.63, 3.8) is 0 Å². The Morgan fingerprint density at radius 2 is 1.84 bits per heavy atom. The quantitative estimate of drug-likeness (QED) is 0.803. The number of carboxylic acids is 1. The standard InChI is InChI=1S/C15H20O4/c1-11-9-13-14(19-8-7-18-13)10-12(11)5-3-2-4-6-15(16)17/h9-10H,2-8H2,1H3,(H,16,17). The molecule has 104 valence electrons. The van der Waals surface area contributed by atoms with Gasteiger partial charge in [0.05, 0.1) is 0 Å². The maximum Gasteiger partial charge on any atom is 0.303 e. The second-order valence-corrected chi connectivity index (χ2v) is 4.88. The van der Waals surface area contributed by atoms with Gasteiger partial charge < -0.3 is 14.6 Å². The van der Waals surface area contributed by atoms with Gasteiger partial charge in [-0.3, -0.25) is 4.79 Å². The average molecular weight is 264 g/mol. The molecule has 1 aliphatic heterocycles. The lowest BCUT2D eigenvalue weighted by molar-refractivity contribution is -0.137. The molecule has 1 aromatic rings. The lowest BCUT2D eigenvalue weighted by Crippen LogP contribution is -2.15. The summed E-state index contributed by atoms with van der Waals surface area (Å²) in [5.74, 6) is 0.950. The van der Waals surface area contributed by atoms with E-state index in [0.717, 1.165) is 37.2 Å². The van der Waals surface area contributed by atoms with Crippen molar-refractivity contribution in [1.82, 2.24) is 0 Å². The van der Waals surface area contributed by atoms with Gasteiger partial charge in [0.15, 0.2) is 11.5 Å². The molecular formula is C15H20O4. The summed E-state index contributed by atoms with van der Waals surface area (Å²) in [5, 5.41) is 8.58. The zero-order chi connectivity index (χ0) is 13.7. The van der Waals surface area contributed by atoms with E-state index in [4.69, 9.17) is 14.6 Å². The maximum absolute atomic E-state index is 10.4. The number of ether oxygens (including phenoxy) is 2. The number of fused-ring (bicyclic) bond motifs is 1. The number of carbonyl (C=O) groups is 1. The fourth-order valence-corrected chi connectivity index (χ4v) is 2.27. The summed E-state index contributed by atoms with van der Waals surface area (Å²) < 4.78 is 11.1.